The van der Waals surface area contributed by atoms with Crippen LogP contribution in [0.5, 0.6) is 5.75 Å². The zero-order valence-electron chi connectivity index (χ0n) is 18.2. The molecule has 0 saturated carbocycles. The van der Waals surface area contributed by atoms with Crippen LogP contribution in [0.1, 0.15) is 40.2 Å². The molecule has 1 aromatic carbocycles. The number of amides is 2. The van der Waals surface area contributed by atoms with Gasteiger partial charge in [-0.3, -0.25) is 14.6 Å². The summed E-state index contributed by atoms with van der Waals surface area (Å²) in [6.45, 7) is 5.13. The maximum absolute atomic E-state index is 13.0. The molecule has 1 fully saturated rings. The molecule has 3 aromatic rings. The third-order valence-electron chi connectivity index (χ3n) is 5.75. The van der Waals surface area contributed by atoms with Crippen molar-refractivity contribution < 1.29 is 18.8 Å². The molecule has 0 aliphatic carbocycles. The molecule has 2 amide bonds. The monoisotopic (exact) mass is 434 g/mol. The summed E-state index contributed by atoms with van der Waals surface area (Å²) in [5.41, 5.74) is 3.01. The van der Waals surface area contributed by atoms with Crippen molar-refractivity contribution in [2.45, 2.75) is 33.3 Å². The van der Waals surface area contributed by atoms with Gasteiger partial charge in [0.1, 0.15) is 18.1 Å². The summed E-state index contributed by atoms with van der Waals surface area (Å²) in [6, 6.07) is 10.7. The number of carbonyl (C=O) groups excluding carboxylic acids is 2. The van der Waals surface area contributed by atoms with Gasteiger partial charge in [0.15, 0.2) is 0 Å². The number of carbonyl (C=O) groups is 2. The highest BCUT2D eigenvalue weighted by molar-refractivity contribution is 5.95. The number of nitrogens with zero attached hydrogens (tertiary/aromatic N) is 3. The van der Waals surface area contributed by atoms with Gasteiger partial charge in [0.05, 0.1) is 11.3 Å². The third-order valence-corrected chi connectivity index (χ3v) is 5.75. The van der Waals surface area contributed by atoms with Crippen LogP contribution < -0.4 is 10.1 Å². The first-order valence-electron chi connectivity index (χ1n) is 10.7. The van der Waals surface area contributed by atoms with Crippen LogP contribution in [0.15, 0.2) is 53.3 Å². The Morgan fingerprint density at radius 2 is 1.91 bits per heavy atom. The third kappa shape index (κ3) is 4.96. The molecule has 166 valence electrons. The minimum atomic E-state index is -0.114. The van der Waals surface area contributed by atoms with Crippen LogP contribution in [0.4, 0.5) is 5.69 Å². The molecule has 2 aromatic heterocycles. The first-order valence-corrected chi connectivity index (χ1v) is 10.7. The summed E-state index contributed by atoms with van der Waals surface area (Å²) in [6.07, 6.45) is 4.54. The topological polar surface area (TPSA) is 97.6 Å². The molecule has 4 rings (SSSR count). The smallest absolute Gasteiger partial charge is 0.253 e. The minimum absolute atomic E-state index is 0.0157. The molecule has 0 atom stereocenters. The highest BCUT2D eigenvalue weighted by atomic mass is 16.5. The number of hydrogen-bond acceptors (Lipinski definition) is 6. The average Bonchev–Trinajstić information content (AvgIpc) is 3.15. The number of nitrogens with one attached hydrogen (secondary N) is 1. The van der Waals surface area contributed by atoms with Crippen molar-refractivity contribution in [3.05, 3.63) is 71.4 Å². The molecule has 8 heteroatoms. The number of likely N-dealkylation sites (tertiary alicyclic amines) is 1. The van der Waals surface area contributed by atoms with Crippen molar-refractivity contribution in [3.63, 3.8) is 0 Å². The second kappa shape index (κ2) is 9.64. The van der Waals surface area contributed by atoms with Gasteiger partial charge < -0.3 is 19.5 Å². The van der Waals surface area contributed by atoms with Crippen molar-refractivity contribution >= 4 is 17.5 Å². The summed E-state index contributed by atoms with van der Waals surface area (Å²) in [7, 11) is 0. The van der Waals surface area contributed by atoms with Crippen molar-refractivity contribution in [1.29, 1.82) is 0 Å². The van der Waals surface area contributed by atoms with Gasteiger partial charge in [-0.2, -0.15) is 0 Å². The van der Waals surface area contributed by atoms with Gasteiger partial charge in [-0.05, 0) is 57.0 Å². The Labute approximate surface area is 186 Å². The highest BCUT2D eigenvalue weighted by Crippen LogP contribution is 2.23. The maximum atomic E-state index is 13.0. The lowest BCUT2D eigenvalue weighted by Crippen LogP contribution is -2.41. The van der Waals surface area contributed by atoms with E-state index in [1.54, 1.807) is 41.6 Å². The minimum Gasteiger partial charge on any atom is -0.489 e. The van der Waals surface area contributed by atoms with E-state index < -0.39 is 0 Å². The number of piperidine rings is 1. The second-order valence-electron chi connectivity index (χ2n) is 7.91. The first-order chi connectivity index (χ1) is 15.5. The lowest BCUT2D eigenvalue weighted by molar-refractivity contribution is -0.121. The number of hydrogen-bond donors (Lipinski definition) is 1. The van der Waals surface area contributed by atoms with E-state index in [9.17, 15) is 9.59 Å². The number of aryl methyl sites for hydroxylation is 2. The number of aromatic nitrogens is 2. The molecule has 3 heterocycles. The summed E-state index contributed by atoms with van der Waals surface area (Å²) in [5, 5.41) is 6.85. The lowest BCUT2D eigenvalue weighted by Gasteiger charge is -2.31. The number of pyridine rings is 1. The fourth-order valence-corrected chi connectivity index (χ4v) is 3.79. The molecule has 0 radical (unpaired) electrons. The van der Waals surface area contributed by atoms with E-state index in [4.69, 9.17) is 9.26 Å². The van der Waals surface area contributed by atoms with E-state index in [0.717, 1.165) is 22.7 Å². The molecule has 8 nitrogen and oxygen atoms in total. The molecule has 0 spiro atoms. The summed E-state index contributed by atoms with van der Waals surface area (Å²) < 4.78 is 11.0. The van der Waals surface area contributed by atoms with Gasteiger partial charge in [-0.1, -0.05) is 11.2 Å². The predicted molar refractivity (Wildman–Crippen MR) is 118 cm³/mol. The molecule has 1 aliphatic rings. The lowest BCUT2D eigenvalue weighted by atomic mass is 9.95. The standard InChI is InChI=1S/C24H26N4O4/c1-16-22(17(2)32-27-16)15-31-21-5-3-4-19(14-21)24(30)28-12-8-18(9-13-28)23(29)26-20-6-10-25-11-7-20/h3-7,10-11,14,18H,8-9,12-13,15H2,1-2H3,(H,25,26,29). The number of ether oxygens (including phenoxy) is 1. The maximum Gasteiger partial charge on any atom is 0.253 e. The van der Waals surface area contributed by atoms with Gasteiger partial charge in [0, 0.05) is 42.7 Å². The van der Waals surface area contributed by atoms with Gasteiger partial charge in [-0.25, -0.2) is 0 Å². The highest BCUT2D eigenvalue weighted by Gasteiger charge is 2.28. The molecule has 0 unspecified atom stereocenters. The van der Waals surface area contributed by atoms with E-state index in [1.165, 1.54) is 0 Å². The molecular weight excluding hydrogens is 408 g/mol. The SMILES string of the molecule is Cc1noc(C)c1COc1cccc(C(=O)N2CCC(C(=O)Nc3ccncc3)CC2)c1. The van der Waals surface area contributed by atoms with Gasteiger partial charge in [0.25, 0.3) is 5.91 Å². The Morgan fingerprint density at radius 1 is 1.16 bits per heavy atom. The average molecular weight is 434 g/mol. The van der Waals surface area contributed by atoms with Crippen LogP contribution in [0, 0.1) is 19.8 Å². The Bertz CT molecular complexity index is 1070. The van der Waals surface area contributed by atoms with E-state index in [2.05, 4.69) is 15.5 Å². The molecule has 1 aliphatic heterocycles. The predicted octanol–water partition coefficient (Wildman–Crippen LogP) is 3.76. The Balaban J connectivity index is 1.32. The van der Waals surface area contributed by atoms with Crippen molar-refractivity contribution in [3.8, 4) is 5.75 Å². The van der Waals surface area contributed by atoms with Crippen LogP contribution in [0.2, 0.25) is 0 Å². The zero-order chi connectivity index (χ0) is 22.5. The number of benzene rings is 1. The molecule has 32 heavy (non-hydrogen) atoms. The van der Waals surface area contributed by atoms with E-state index in [-0.39, 0.29) is 17.7 Å². The summed E-state index contributed by atoms with van der Waals surface area (Å²) >= 11 is 0. The van der Waals surface area contributed by atoms with Crippen LogP contribution in [-0.4, -0.2) is 39.9 Å². The fraction of sp³-hybridized carbons (Fsp3) is 0.333. The number of rotatable bonds is 6. The van der Waals surface area contributed by atoms with Gasteiger partial charge >= 0.3 is 0 Å². The fourth-order valence-electron chi connectivity index (χ4n) is 3.79. The molecule has 1 N–H and O–H groups in total. The van der Waals surface area contributed by atoms with Crippen LogP contribution >= 0.6 is 0 Å². The van der Waals surface area contributed by atoms with E-state index >= 15 is 0 Å². The quantitative estimate of drug-likeness (QED) is 0.634. The Hall–Kier alpha value is -3.68. The van der Waals surface area contributed by atoms with Crippen LogP contribution in [0.25, 0.3) is 0 Å². The van der Waals surface area contributed by atoms with Gasteiger partial charge in [-0.15, -0.1) is 0 Å². The van der Waals surface area contributed by atoms with Crippen LogP contribution in [-0.2, 0) is 11.4 Å². The summed E-state index contributed by atoms with van der Waals surface area (Å²) in [5.74, 6) is 1.16. The number of anilines is 1. The van der Waals surface area contributed by atoms with Crippen molar-refractivity contribution in [1.82, 2.24) is 15.0 Å². The Kier molecular flexibility index (Phi) is 6.49. The van der Waals surface area contributed by atoms with Crippen LogP contribution in [0.3, 0.4) is 0 Å². The molecule has 0 bridgehead atoms. The molecular formula is C24H26N4O4. The normalized spacial score (nSPS) is 14.2. The largest absolute Gasteiger partial charge is 0.489 e. The van der Waals surface area contributed by atoms with Gasteiger partial charge in [0.2, 0.25) is 5.91 Å². The van der Waals surface area contributed by atoms with Crippen molar-refractivity contribution in [2.24, 2.45) is 5.92 Å². The second-order valence-corrected chi connectivity index (χ2v) is 7.91. The van der Waals surface area contributed by atoms with E-state index in [1.807, 2.05) is 26.0 Å². The zero-order valence-corrected chi connectivity index (χ0v) is 18.2. The van der Waals surface area contributed by atoms with E-state index in [0.29, 0.717) is 43.9 Å². The Morgan fingerprint density at radius 3 is 2.59 bits per heavy atom. The summed E-state index contributed by atoms with van der Waals surface area (Å²) in [4.78, 5) is 31.3. The molecule has 1 saturated heterocycles. The van der Waals surface area contributed by atoms with Crippen molar-refractivity contribution in [2.75, 3.05) is 18.4 Å². The first kappa shape index (κ1) is 21.5.